The molecule has 0 aliphatic rings. The number of aromatic nitrogens is 2. The number of imidazole rings is 1. The monoisotopic (exact) mass is 342 g/mol. The van der Waals surface area contributed by atoms with Gasteiger partial charge in [-0.2, -0.15) is 0 Å². The quantitative estimate of drug-likeness (QED) is 0.702. The van der Waals surface area contributed by atoms with Crippen molar-refractivity contribution in [2.24, 2.45) is 0 Å². The number of hydrogen-bond acceptors (Lipinski definition) is 3. The summed E-state index contributed by atoms with van der Waals surface area (Å²) in [5, 5.41) is 10.0. The lowest BCUT2D eigenvalue weighted by molar-refractivity contribution is 0.0690. The van der Waals surface area contributed by atoms with Gasteiger partial charge in [0.05, 0.1) is 5.02 Å². The maximum Gasteiger partial charge on any atom is 0.355 e. The summed E-state index contributed by atoms with van der Waals surface area (Å²) >= 11 is 5.97. The highest BCUT2D eigenvalue weighted by atomic mass is 35.5. The molecule has 24 heavy (non-hydrogen) atoms. The molecule has 0 fully saturated rings. The number of nitrogens with zero attached hydrogens (tertiary/aromatic N) is 2. The van der Waals surface area contributed by atoms with Gasteiger partial charge in [0.15, 0.2) is 5.69 Å². The Labute approximate surface area is 143 Å². The second-order valence-electron chi connectivity index (χ2n) is 5.46. The molecule has 0 radical (unpaired) electrons. The smallest absolute Gasteiger partial charge is 0.355 e. The Balaban J connectivity index is 2.04. The Morgan fingerprint density at radius 2 is 2.00 bits per heavy atom. The maximum absolute atomic E-state index is 11.7. The number of aromatic carboxylic acids is 1. The summed E-state index contributed by atoms with van der Waals surface area (Å²) in [5.41, 5.74) is 2.59. The van der Waals surface area contributed by atoms with Crippen molar-refractivity contribution in [1.29, 1.82) is 0 Å². The number of carbonyl (C=O) groups is 1. The Bertz CT molecular complexity index is 929. The molecule has 0 amide bonds. The zero-order valence-electron chi connectivity index (χ0n) is 13.0. The van der Waals surface area contributed by atoms with Crippen LogP contribution in [0.25, 0.3) is 16.9 Å². The highest BCUT2D eigenvalue weighted by Gasteiger charge is 2.20. The molecule has 1 N–H and O–H groups in total. The zero-order valence-corrected chi connectivity index (χ0v) is 13.7. The number of pyridine rings is 1. The van der Waals surface area contributed by atoms with E-state index in [0.717, 1.165) is 5.57 Å². The number of carboxylic acids is 1. The van der Waals surface area contributed by atoms with Crippen molar-refractivity contribution < 1.29 is 14.6 Å². The molecule has 0 aliphatic heterocycles. The van der Waals surface area contributed by atoms with Crippen LogP contribution in [0.4, 0.5) is 0 Å². The number of rotatable bonds is 5. The summed E-state index contributed by atoms with van der Waals surface area (Å²) in [6.45, 7) is 6.11. The van der Waals surface area contributed by atoms with E-state index in [1.807, 2.05) is 6.92 Å². The fourth-order valence-electron chi connectivity index (χ4n) is 2.34. The molecule has 0 saturated heterocycles. The van der Waals surface area contributed by atoms with Crippen LogP contribution >= 0.6 is 11.6 Å². The first-order chi connectivity index (χ1) is 11.5. The molecule has 0 unspecified atom stereocenters. The molecule has 2 aromatic heterocycles. The average molecular weight is 343 g/mol. The van der Waals surface area contributed by atoms with Gasteiger partial charge in [0, 0.05) is 11.8 Å². The van der Waals surface area contributed by atoms with E-state index in [-0.39, 0.29) is 5.69 Å². The standard InChI is InChI=1S/C18H15ClN2O3/c1-11(2)10-24-14-6-3-12(4-7-14)16-17(18(22)23)21-9-13(19)5-8-15(21)20-16/h3-9H,1,10H2,2H3,(H,22,23). The summed E-state index contributed by atoms with van der Waals surface area (Å²) in [5.74, 6) is -0.382. The minimum absolute atomic E-state index is 0.0723. The van der Waals surface area contributed by atoms with E-state index >= 15 is 0 Å². The van der Waals surface area contributed by atoms with Crippen LogP contribution in [-0.4, -0.2) is 27.1 Å². The molecular weight excluding hydrogens is 328 g/mol. The molecule has 0 aliphatic carbocycles. The van der Waals surface area contributed by atoms with Crippen LogP contribution in [-0.2, 0) is 0 Å². The van der Waals surface area contributed by atoms with Crippen LogP contribution in [0.3, 0.4) is 0 Å². The Kier molecular flexibility index (Phi) is 4.27. The Hall–Kier alpha value is -2.79. The van der Waals surface area contributed by atoms with Crippen molar-refractivity contribution in [2.45, 2.75) is 6.92 Å². The van der Waals surface area contributed by atoms with E-state index in [9.17, 15) is 9.90 Å². The van der Waals surface area contributed by atoms with Gasteiger partial charge < -0.3 is 9.84 Å². The largest absolute Gasteiger partial charge is 0.489 e. The predicted molar refractivity (Wildman–Crippen MR) is 92.9 cm³/mol. The van der Waals surface area contributed by atoms with Crippen molar-refractivity contribution in [1.82, 2.24) is 9.38 Å². The van der Waals surface area contributed by atoms with Crippen LogP contribution in [0.5, 0.6) is 5.75 Å². The second kappa shape index (κ2) is 6.37. The summed E-state index contributed by atoms with van der Waals surface area (Å²) in [6, 6.07) is 10.5. The van der Waals surface area contributed by atoms with Gasteiger partial charge in [-0.3, -0.25) is 4.40 Å². The summed E-state index contributed by atoms with van der Waals surface area (Å²) < 4.78 is 7.03. The molecule has 0 saturated carbocycles. The highest BCUT2D eigenvalue weighted by Crippen LogP contribution is 2.27. The van der Waals surface area contributed by atoms with Crippen molar-refractivity contribution in [3.63, 3.8) is 0 Å². The molecule has 0 bridgehead atoms. The van der Waals surface area contributed by atoms with Crippen molar-refractivity contribution in [3.05, 3.63) is 65.5 Å². The molecule has 122 valence electrons. The average Bonchev–Trinajstić information content (AvgIpc) is 2.92. The van der Waals surface area contributed by atoms with Gasteiger partial charge in [0.1, 0.15) is 23.7 Å². The zero-order chi connectivity index (χ0) is 17.3. The lowest BCUT2D eigenvalue weighted by Gasteiger charge is -2.06. The van der Waals surface area contributed by atoms with Gasteiger partial charge in [-0.15, -0.1) is 0 Å². The lowest BCUT2D eigenvalue weighted by atomic mass is 10.1. The van der Waals surface area contributed by atoms with Crippen molar-refractivity contribution in [3.8, 4) is 17.0 Å². The first-order valence-corrected chi connectivity index (χ1v) is 7.62. The molecule has 3 aromatic rings. The SMILES string of the molecule is C=C(C)COc1ccc(-c2nc3ccc(Cl)cn3c2C(=O)O)cc1. The van der Waals surface area contributed by atoms with Crippen molar-refractivity contribution >= 4 is 23.2 Å². The number of halogens is 1. The van der Waals surface area contributed by atoms with E-state index in [1.165, 1.54) is 4.40 Å². The summed E-state index contributed by atoms with van der Waals surface area (Å²) in [6.07, 6.45) is 1.54. The van der Waals surface area contributed by atoms with Crippen LogP contribution in [0.1, 0.15) is 17.4 Å². The number of fused-ring (bicyclic) bond motifs is 1. The van der Waals surface area contributed by atoms with Gasteiger partial charge in [-0.05, 0) is 48.9 Å². The lowest BCUT2D eigenvalue weighted by Crippen LogP contribution is -2.03. The van der Waals surface area contributed by atoms with Gasteiger partial charge in [0.2, 0.25) is 0 Å². The van der Waals surface area contributed by atoms with Crippen LogP contribution in [0.15, 0.2) is 54.7 Å². The highest BCUT2D eigenvalue weighted by molar-refractivity contribution is 6.30. The van der Waals surface area contributed by atoms with E-state index < -0.39 is 5.97 Å². The summed E-state index contributed by atoms with van der Waals surface area (Å²) in [4.78, 5) is 16.1. The molecule has 3 rings (SSSR count). The van der Waals surface area contributed by atoms with E-state index in [2.05, 4.69) is 11.6 Å². The Morgan fingerprint density at radius 3 is 2.62 bits per heavy atom. The topological polar surface area (TPSA) is 63.8 Å². The third kappa shape index (κ3) is 3.12. The van der Waals surface area contributed by atoms with Gasteiger partial charge >= 0.3 is 5.97 Å². The number of carboxylic acid groups (broad SMARTS) is 1. The number of hydrogen-bond donors (Lipinski definition) is 1. The van der Waals surface area contributed by atoms with E-state index in [1.54, 1.807) is 42.6 Å². The first-order valence-electron chi connectivity index (χ1n) is 7.24. The Morgan fingerprint density at radius 1 is 1.29 bits per heavy atom. The van der Waals surface area contributed by atoms with Gasteiger partial charge in [-0.25, -0.2) is 9.78 Å². The molecule has 2 heterocycles. The minimum atomic E-state index is -1.07. The fraction of sp³-hybridized carbons (Fsp3) is 0.111. The third-order valence-electron chi connectivity index (χ3n) is 3.40. The van der Waals surface area contributed by atoms with Gasteiger partial charge in [0.25, 0.3) is 0 Å². The summed E-state index contributed by atoms with van der Waals surface area (Å²) in [7, 11) is 0. The molecule has 0 atom stereocenters. The first kappa shape index (κ1) is 16.1. The predicted octanol–water partition coefficient (Wildman–Crippen LogP) is 4.31. The van der Waals surface area contributed by atoms with Crippen LogP contribution < -0.4 is 4.74 Å². The van der Waals surface area contributed by atoms with Crippen LogP contribution in [0, 0.1) is 0 Å². The minimum Gasteiger partial charge on any atom is -0.489 e. The molecule has 6 heteroatoms. The fourth-order valence-corrected chi connectivity index (χ4v) is 2.50. The van der Waals surface area contributed by atoms with Gasteiger partial charge in [-0.1, -0.05) is 18.2 Å². The van der Waals surface area contributed by atoms with Crippen molar-refractivity contribution in [2.75, 3.05) is 6.61 Å². The second-order valence-corrected chi connectivity index (χ2v) is 5.90. The van der Waals surface area contributed by atoms with E-state index in [0.29, 0.717) is 34.3 Å². The maximum atomic E-state index is 11.7. The third-order valence-corrected chi connectivity index (χ3v) is 3.62. The van der Waals surface area contributed by atoms with Crippen LogP contribution in [0.2, 0.25) is 5.02 Å². The molecule has 1 aromatic carbocycles. The number of benzene rings is 1. The molecule has 0 spiro atoms. The normalized spacial score (nSPS) is 10.8. The van der Waals surface area contributed by atoms with E-state index in [4.69, 9.17) is 16.3 Å². The molecular formula is C18H15ClN2O3. The number of ether oxygens (including phenoxy) is 1. The molecule has 5 nitrogen and oxygen atoms in total.